The van der Waals surface area contributed by atoms with E-state index >= 15 is 0 Å². The summed E-state index contributed by atoms with van der Waals surface area (Å²) < 4.78 is 0. The molecule has 2 nitrogen and oxygen atoms in total. The third-order valence-electron chi connectivity index (χ3n) is 3.05. The number of hydrogen-bond acceptors (Lipinski definition) is 1. The van der Waals surface area contributed by atoms with Crippen molar-refractivity contribution in [1.29, 1.82) is 0 Å². The van der Waals surface area contributed by atoms with Crippen molar-refractivity contribution in [1.82, 2.24) is 5.32 Å². The van der Waals surface area contributed by atoms with Crippen molar-refractivity contribution in [3.63, 3.8) is 0 Å². The predicted molar refractivity (Wildman–Crippen MR) is 78.9 cm³/mol. The summed E-state index contributed by atoms with van der Waals surface area (Å²) in [6.07, 6.45) is 0.856. The van der Waals surface area contributed by atoms with E-state index in [0.717, 1.165) is 6.42 Å². The predicted octanol–water partition coefficient (Wildman–Crippen LogP) is 3.42. The molecule has 1 N–H and O–H groups in total. The Morgan fingerprint density at radius 2 is 1.58 bits per heavy atom. The van der Waals surface area contributed by atoms with Gasteiger partial charge in [-0.15, -0.1) is 0 Å². The molecule has 2 heteroatoms. The van der Waals surface area contributed by atoms with E-state index in [9.17, 15) is 4.79 Å². The van der Waals surface area contributed by atoms with Crippen LogP contribution in [0.25, 0.3) is 11.1 Å². The maximum absolute atomic E-state index is 11.0. The summed E-state index contributed by atoms with van der Waals surface area (Å²) in [5.74, 6) is 0.0217. The molecule has 0 saturated heterocycles. The Balaban J connectivity index is 2.05. The van der Waals surface area contributed by atoms with Gasteiger partial charge in [0.05, 0.1) is 0 Å². The topological polar surface area (TPSA) is 29.1 Å². The van der Waals surface area contributed by atoms with Gasteiger partial charge in [0, 0.05) is 13.0 Å². The van der Waals surface area contributed by atoms with Gasteiger partial charge in [-0.3, -0.25) is 4.79 Å². The monoisotopic (exact) mass is 253 g/mol. The van der Waals surface area contributed by atoms with Crippen molar-refractivity contribution in [3.8, 4) is 11.1 Å². The summed E-state index contributed by atoms with van der Waals surface area (Å²) in [6, 6.07) is 19.0. The Morgan fingerprint density at radius 1 is 1.00 bits per heavy atom. The van der Waals surface area contributed by atoms with Crippen LogP contribution in [-0.2, 0) is 11.2 Å². The van der Waals surface area contributed by atoms with Gasteiger partial charge in [-0.05, 0) is 30.0 Å². The third kappa shape index (κ3) is 3.95. The zero-order valence-electron chi connectivity index (χ0n) is 11.4. The molecule has 0 unspecified atom stereocenters. The van der Waals surface area contributed by atoms with Gasteiger partial charge in [-0.1, -0.05) is 54.6 Å². The smallest absolute Gasteiger partial charge is 0.217 e. The van der Waals surface area contributed by atoms with Gasteiger partial charge in [0.1, 0.15) is 0 Å². The van der Waals surface area contributed by atoms with Crippen LogP contribution < -0.4 is 5.32 Å². The molecular weight excluding hydrogens is 234 g/mol. The third-order valence-corrected chi connectivity index (χ3v) is 3.05. The molecule has 0 aliphatic heterocycles. The van der Waals surface area contributed by atoms with E-state index < -0.39 is 0 Å². The molecule has 98 valence electrons. The first-order valence-electron chi connectivity index (χ1n) is 6.56. The maximum Gasteiger partial charge on any atom is 0.217 e. The van der Waals surface area contributed by atoms with Crippen molar-refractivity contribution in [2.45, 2.75) is 26.3 Å². The fourth-order valence-electron chi connectivity index (χ4n) is 2.22. The zero-order chi connectivity index (χ0) is 13.7. The van der Waals surface area contributed by atoms with E-state index in [-0.39, 0.29) is 11.9 Å². The Kier molecular flexibility index (Phi) is 4.35. The van der Waals surface area contributed by atoms with E-state index in [0.29, 0.717) is 0 Å². The van der Waals surface area contributed by atoms with Crippen molar-refractivity contribution in [2.24, 2.45) is 0 Å². The molecule has 0 fully saturated rings. The van der Waals surface area contributed by atoms with Gasteiger partial charge in [-0.25, -0.2) is 0 Å². The van der Waals surface area contributed by atoms with Gasteiger partial charge in [0.2, 0.25) is 5.91 Å². The Morgan fingerprint density at radius 3 is 2.16 bits per heavy atom. The van der Waals surface area contributed by atoms with Gasteiger partial charge in [-0.2, -0.15) is 0 Å². The van der Waals surface area contributed by atoms with E-state index in [1.165, 1.54) is 16.7 Å². The largest absolute Gasteiger partial charge is 0.354 e. The van der Waals surface area contributed by atoms with Crippen molar-refractivity contribution in [3.05, 3.63) is 60.2 Å². The second-order valence-electron chi connectivity index (χ2n) is 4.87. The lowest BCUT2D eigenvalue weighted by Crippen LogP contribution is -2.31. The minimum absolute atomic E-state index is 0.0217. The summed E-state index contributed by atoms with van der Waals surface area (Å²) >= 11 is 0. The van der Waals surface area contributed by atoms with Crippen LogP contribution in [0, 0.1) is 0 Å². The van der Waals surface area contributed by atoms with Gasteiger partial charge in [0.15, 0.2) is 0 Å². The number of amides is 1. The molecular formula is C17H19NO. The van der Waals surface area contributed by atoms with Crippen molar-refractivity contribution >= 4 is 5.91 Å². The van der Waals surface area contributed by atoms with Crippen LogP contribution in [0.4, 0.5) is 0 Å². The Labute approximate surface area is 114 Å². The number of rotatable bonds is 4. The van der Waals surface area contributed by atoms with Crippen LogP contribution >= 0.6 is 0 Å². The van der Waals surface area contributed by atoms with E-state index in [4.69, 9.17) is 0 Å². The Hall–Kier alpha value is -2.09. The molecule has 1 amide bonds. The summed E-state index contributed by atoms with van der Waals surface area (Å²) in [4.78, 5) is 11.0. The molecule has 2 rings (SSSR count). The number of nitrogens with one attached hydrogen (secondary N) is 1. The summed E-state index contributed by atoms with van der Waals surface area (Å²) in [7, 11) is 0. The molecule has 2 aromatic rings. The number of carbonyl (C=O) groups is 1. The van der Waals surface area contributed by atoms with Crippen LogP contribution in [0.1, 0.15) is 19.4 Å². The SMILES string of the molecule is CC(=O)N[C@H](C)Cc1ccc(-c2ccccc2)cc1. The zero-order valence-corrected chi connectivity index (χ0v) is 11.4. The quantitative estimate of drug-likeness (QED) is 0.888. The van der Waals surface area contributed by atoms with Crippen LogP contribution in [0.2, 0.25) is 0 Å². The molecule has 1 atom stereocenters. The lowest BCUT2D eigenvalue weighted by molar-refractivity contribution is -0.119. The second kappa shape index (κ2) is 6.19. The van der Waals surface area contributed by atoms with Gasteiger partial charge >= 0.3 is 0 Å². The Bertz CT molecular complexity index is 531. The summed E-state index contributed by atoms with van der Waals surface area (Å²) in [5, 5.41) is 2.90. The highest BCUT2D eigenvalue weighted by atomic mass is 16.1. The highest BCUT2D eigenvalue weighted by molar-refractivity contribution is 5.73. The molecule has 2 aromatic carbocycles. The molecule has 0 radical (unpaired) electrons. The first-order valence-corrected chi connectivity index (χ1v) is 6.56. The fourth-order valence-corrected chi connectivity index (χ4v) is 2.22. The lowest BCUT2D eigenvalue weighted by Gasteiger charge is -2.12. The minimum atomic E-state index is 0.0217. The van der Waals surface area contributed by atoms with Crippen LogP contribution in [0.5, 0.6) is 0 Å². The second-order valence-corrected chi connectivity index (χ2v) is 4.87. The van der Waals surface area contributed by atoms with E-state index in [1.54, 1.807) is 6.92 Å². The molecule has 0 aliphatic rings. The fraction of sp³-hybridized carbons (Fsp3) is 0.235. The molecule has 0 spiro atoms. The first kappa shape index (κ1) is 13.3. The number of benzene rings is 2. The first-order chi connectivity index (χ1) is 9.15. The molecule has 0 aliphatic carbocycles. The highest BCUT2D eigenvalue weighted by Crippen LogP contribution is 2.19. The van der Waals surface area contributed by atoms with Crippen molar-refractivity contribution in [2.75, 3.05) is 0 Å². The molecule has 0 bridgehead atoms. The average Bonchev–Trinajstić information content (AvgIpc) is 2.39. The van der Waals surface area contributed by atoms with Crippen LogP contribution in [-0.4, -0.2) is 11.9 Å². The van der Waals surface area contributed by atoms with Crippen LogP contribution in [0.3, 0.4) is 0 Å². The lowest BCUT2D eigenvalue weighted by atomic mass is 10.0. The number of carbonyl (C=O) groups excluding carboxylic acids is 1. The number of hydrogen-bond donors (Lipinski definition) is 1. The van der Waals surface area contributed by atoms with Gasteiger partial charge in [0.25, 0.3) is 0 Å². The average molecular weight is 253 g/mol. The molecule has 0 heterocycles. The van der Waals surface area contributed by atoms with Gasteiger partial charge < -0.3 is 5.32 Å². The van der Waals surface area contributed by atoms with Crippen LogP contribution in [0.15, 0.2) is 54.6 Å². The minimum Gasteiger partial charge on any atom is -0.354 e. The summed E-state index contributed by atoms with van der Waals surface area (Å²) in [6.45, 7) is 3.57. The van der Waals surface area contributed by atoms with E-state index in [1.807, 2.05) is 25.1 Å². The highest BCUT2D eigenvalue weighted by Gasteiger charge is 2.05. The molecule has 19 heavy (non-hydrogen) atoms. The maximum atomic E-state index is 11.0. The normalized spacial score (nSPS) is 11.9. The summed E-state index contributed by atoms with van der Waals surface area (Å²) in [5.41, 5.74) is 3.68. The van der Waals surface area contributed by atoms with E-state index in [2.05, 4.69) is 41.7 Å². The molecule has 0 saturated carbocycles. The molecule has 0 aromatic heterocycles. The van der Waals surface area contributed by atoms with Crippen molar-refractivity contribution < 1.29 is 4.79 Å². The standard InChI is InChI=1S/C17H19NO/c1-13(18-14(2)19)12-15-8-10-17(11-9-15)16-6-4-3-5-7-16/h3-11,13H,12H2,1-2H3,(H,18,19)/t13-/m1/s1.